The molecule has 0 heterocycles. The van der Waals surface area contributed by atoms with Crippen LogP contribution in [0, 0.1) is 23.2 Å². The van der Waals surface area contributed by atoms with Gasteiger partial charge >= 0.3 is 0 Å². The number of amidine groups is 1. The highest BCUT2D eigenvalue weighted by molar-refractivity contribution is 5.80. The molecule has 0 saturated heterocycles. The molecule has 0 aromatic heterocycles. The van der Waals surface area contributed by atoms with Crippen LogP contribution in [0.15, 0.2) is 5.16 Å². The van der Waals surface area contributed by atoms with E-state index < -0.39 is 0 Å². The predicted molar refractivity (Wildman–Crippen MR) is 58.6 cm³/mol. The van der Waals surface area contributed by atoms with Gasteiger partial charge in [-0.05, 0) is 61.7 Å². The van der Waals surface area contributed by atoms with Gasteiger partial charge in [0.15, 0.2) is 0 Å². The molecule has 3 nitrogen and oxygen atoms in total. The van der Waals surface area contributed by atoms with Gasteiger partial charge in [0.05, 0.1) is 0 Å². The molecule has 0 radical (unpaired) electrons. The number of hydrogen-bond acceptors (Lipinski definition) is 2. The van der Waals surface area contributed by atoms with Crippen molar-refractivity contribution in [3.05, 3.63) is 0 Å². The number of nitrogens with two attached hydrogens (primary N) is 1. The molecular weight excluding hydrogens is 188 g/mol. The lowest BCUT2D eigenvalue weighted by Crippen LogP contribution is -2.47. The van der Waals surface area contributed by atoms with Gasteiger partial charge in [-0.15, -0.1) is 0 Å². The Balaban J connectivity index is 1.81. The van der Waals surface area contributed by atoms with Crippen LogP contribution in [0.3, 0.4) is 0 Å². The summed E-state index contributed by atoms with van der Waals surface area (Å²) >= 11 is 0. The van der Waals surface area contributed by atoms with E-state index in [1.165, 1.54) is 38.5 Å². The quantitative estimate of drug-likeness (QED) is 0.317. The highest BCUT2D eigenvalue weighted by Crippen LogP contribution is 2.61. The first-order valence-electron chi connectivity index (χ1n) is 6.15. The maximum atomic E-state index is 8.70. The van der Waals surface area contributed by atoms with Crippen molar-refractivity contribution in [2.45, 2.75) is 44.9 Å². The van der Waals surface area contributed by atoms with Crippen LogP contribution in [-0.4, -0.2) is 11.0 Å². The van der Waals surface area contributed by atoms with Crippen molar-refractivity contribution in [2.75, 3.05) is 0 Å². The minimum Gasteiger partial charge on any atom is -0.409 e. The lowest BCUT2D eigenvalue weighted by atomic mass is 9.49. The highest BCUT2D eigenvalue weighted by Gasteiger charge is 2.50. The number of oxime groups is 1. The molecule has 4 fully saturated rings. The molecule has 4 saturated carbocycles. The van der Waals surface area contributed by atoms with Crippen LogP contribution < -0.4 is 5.73 Å². The van der Waals surface area contributed by atoms with Gasteiger partial charge in [0.1, 0.15) is 5.84 Å². The van der Waals surface area contributed by atoms with Crippen molar-refractivity contribution < 1.29 is 5.21 Å². The van der Waals surface area contributed by atoms with E-state index >= 15 is 0 Å². The van der Waals surface area contributed by atoms with Crippen molar-refractivity contribution in [1.82, 2.24) is 0 Å². The normalized spacial score (nSPS) is 48.5. The average Bonchev–Trinajstić information content (AvgIpc) is 2.14. The zero-order chi connectivity index (χ0) is 10.5. The lowest BCUT2D eigenvalue weighted by molar-refractivity contribution is -0.0485. The van der Waals surface area contributed by atoms with Crippen LogP contribution in [-0.2, 0) is 0 Å². The molecule has 0 unspecified atom stereocenters. The summed E-state index contributed by atoms with van der Waals surface area (Å²) in [5.41, 5.74) is 6.10. The third-order valence-electron chi connectivity index (χ3n) is 4.85. The molecular formula is C12H20N2O. The van der Waals surface area contributed by atoms with Gasteiger partial charge in [-0.3, -0.25) is 0 Å². The lowest BCUT2D eigenvalue weighted by Gasteiger charge is -2.56. The summed E-state index contributed by atoms with van der Waals surface area (Å²) in [7, 11) is 0. The van der Waals surface area contributed by atoms with Crippen LogP contribution in [0.4, 0.5) is 0 Å². The maximum Gasteiger partial charge on any atom is 0.139 e. The topological polar surface area (TPSA) is 58.6 Å². The maximum absolute atomic E-state index is 8.70. The smallest absolute Gasteiger partial charge is 0.139 e. The fourth-order valence-electron chi connectivity index (χ4n) is 4.93. The second-order valence-electron chi connectivity index (χ2n) is 6.19. The third kappa shape index (κ3) is 1.52. The molecule has 3 N–H and O–H groups in total. The Hall–Kier alpha value is -0.730. The van der Waals surface area contributed by atoms with Crippen molar-refractivity contribution >= 4 is 5.84 Å². The molecule has 4 rings (SSSR count). The largest absolute Gasteiger partial charge is 0.409 e. The standard InChI is InChI=1S/C12H20N2O/c13-11(14-15)7-12-4-8-1-9(5-12)3-10(2-8)6-12/h8-10,15H,1-7H2,(H2,13,14). The Labute approximate surface area is 90.7 Å². The SMILES string of the molecule is NC(CC12CC3CC(CC(C3)C1)C2)=NO. The van der Waals surface area contributed by atoms with E-state index in [0.29, 0.717) is 11.3 Å². The summed E-state index contributed by atoms with van der Waals surface area (Å²) in [6, 6.07) is 0. The van der Waals surface area contributed by atoms with Crippen molar-refractivity contribution in [2.24, 2.45) is 34.1 Å². The highest BCUT2D eigenvalue weighted by atomic mass is 16.4. The van der Waals surface area contributed by atoms with Crippen LogP contribution in [0.5, 0.6) is 0 Å². The molecule has 0 atom stereocenters. The molecule has 4 bridgehead atoms. The molecule has 4 aliphatic carbocycles. The first-order chi connectivity index (χ1) is 7.19. The summed E-state index contributed by atoms with van der Waals surface area (Å²) < 4.78 is 0. The van der Waals surface area contributed by atoms with Crippen LogP contribution in [0.1, 0.15) is 44.9 Å². The Kier molecular flexibility index (Phi) is 1.98. The van der Waals surface area contributed by atoms with E-state index in [1.807, 2.05) is 0 Å². The molecule has 3 heteroatoms. The Morgan fingerprint density at radius 3 is 2.00 bits per heavy atom. The van der Waals surface area contributed by atoms with Crippen molar-refractivity contribution in [3.63, 3.8) is 0 Å². The molecule has 15 heavy (non-hydrogen) atoms. The van der Waals surface area contributed by atoms with Gasteiger partial charge < -0.3 is 10.9 Å². The van der Waals surface area contributed by atoms with Gasteiger partial charge in [-0.2, -0.15) is 0 Å². The first-order valence-corrected chi connectivity index (χ1v) is 6.15. The minimum atomic E-state index is 0.408. The minimum absolute atomic E-state index is 0.408. The van der Waals surface area contributed by atoms with Crippen LogP contribution in [0.2, 0.25) is 0 Å². The van der Waals surface area contributed by atoms with Gasteiger partial charge in [-0.25, -0.2) is 0 Å². The molecule has 0 aromatic rings. The Morgan fingerprint density at radius 1 is 1.13 bits per heavy atom. The van der Waals surface area contributed by atoms with Gasteiger partial charge in [-0.1, -0.05) is 5.16 Å². The first kappa shape index (κ1) is 9.49. The summed E-state index contributed by atoms with van der Waals surface area (Å²) in [4.78, 5) is 0. The molecule has 0 spiro atoms. The van der Waals surface area contributed by atoms with Crippen molar-refractivity contribution in [3.8, 4) is 0 Å². The zero-order valence-electron chi connectivity index (χ0n) is 9.15. The van der Waals surface area contributed by atoms with Gasteiger partial charge in [0.25, 0.3) is 0 Å². The van der Waals surface area contributed by atoms with Crippen LogP contribution in [0.25, 0.3) is 0 Å². The van der Waals surface area contributed by atoms with Gasteiger partial charge in [0, 0.05) is 6.42 Å². The Bertz CT molecular complexity index is 263. The molecule has 84 valence electrons. The summed E-state index contributed by atoms with van der Waals surface area (Å²) in [6.07, 6.45) is 9.17. The molecule has 4 aliphatic rings. The number of hydrogen-bond donors (Lipinski definition) is 2. The predicted octanol–water partition coefficient (Wildman–Crippen LogP) is 2.34. The molecule has 0 aliphatic heterocycles. The van der Waals surface area contributed by atoms with E-state index in [2.05, 4.69) is 5.16 Å². The summed E-state index contributed by atoms with van der Waals surface area (Å²) in [6.45, 7) is 0. The second kappa shape index (κ2) is 3.13. The van der Waals surface area contributed by atoms with Gasteiger partial charge in [0.2, 0.25) is 0 Å². The monoisotopic (exact) mass is 208 g/mol. The average molecular weight is 208 g/mol. The fraction of sp³-hybridized carbons (Fsp3) is 0.917. The number of nitrogens with zero attached hydrogens (tertiary/aromatic N) is 1. The molecule has 0 amide bonds. The van der Waals surface area contributed by atoms with E-state index in [-0.39, 0.29) is 0 Å². The van der Waals surface area contributed by atoms with E-state index in [1.54, 1.807) is 0 Å². The summed E-state index contributed by atoms with van der Waals surface area (Å²) in [5.74, 6) is 3.28. The number of rotatable bonds is 2. The fourth-order valence-corrected chi connectivity index (χ4v) is 4.93. The molecule has 0 aromatic carbocycles. The van der Waals surface area contributed by atoms with E-state index in [4.69, 9.17) is 10.9 Å². The van der Waals surface area contributed by atoms with E-state index in [9.17, 15) is 0 Å². The summed E-state index contributed by atoms with van der Waals surface area (Å²) in [5, 5.41) is 11.9. The van der Waals surface area contributed by atoms with E-state index in [0.717, 1.165) is 24.2 Å². The zero-order valence-corrected chi connectivity index (χ0v) is 9.15. The van der Waals surface area contributed by atoms with Crippen molar-refractivity contribution in [1.29, 1.82) is 0 Å². The Morgan fingerprint density at radius 2 is 1.60 bits per heavy atom. The van der Waals surface area contributed by atoms with Crippen LogP contribution >= 0.6 is 0 Å². The third-order valence-corrected chi connectivity index (χ3v) is 4.85. The second-order valence-corrected chi connectivity index (χ2v) is 6.19.